The SMILES string of the molecule is Nc1nc(CC2COc3ccccc3O2)c(F)c(Nc2ccc3c(c2)OCCO3)n1. The smallest absolute Gasteiger partial charge is 0.222 e. The van der Waals surface area contributed by atoms with Crippen LogP contribution in [0.2, 0.25) is 0 Å². The van der Waals surface area contributed by atoms with Crippen molar-refractivity contribution in [2.75, 3.05) is 30.9 Å². The largest absolute Gasteiger partial charge is 0.486 e. The van der Waals surface area contributed by atoms with Crippen LogP contribution in [0.15, 0.2) is 42.5 Å². The summed E-state index contributed by atoms with van der Waals surface area (Å²) in [7, 11) is 0. The van der Waals surface area contributed by atoms with Gasteiger partial charge in [0.25, 0.3) is 0 Å². The van der Waals surface area contributed by atoms with E-state index in [1.807, 2.05) is 18.2 Å². The summed E-state index contributed by atoms with van der Waals surface area (Å²) in [6.45, 7) is 1.24. The monoisotopic (exact) mass is 410 g/mol. The quantitative estimate of drug-likeness (QED) is 0.677. The number of nitrogens with one attached hydrogen (secondary N) is 1. The van der Waals surface area contributed by atoms with Crippen LogP contribution in [0.25, 0.3) is 0 Å². The lowest BCUT2D eigenvalue weighted by Crippen LogP contribution is -2.32. The maximum absolute atomic E-state index is 15.1. The predicted molar refractivity (Wildman–Crippen MR) is 107 cm³/mol. The zero-order chi connectivity index (χ0) is 20.5. The number of anilines is 3. The third kappa shape index (κ3) is 3.61. The second-order valence-corrected chi connectivity index (χ2v) is 6.88. The van der Waals surface area contributed by atoms with Crippen molar-refractivity contribution in [3.05, 3.63) is 54.0 Å². The van der Waals surface area contributed by atoms with Crippen LogP contribution >= 0.6 is 0 Å². The first-order valence-corrected chi connectivity index (χ1v) is 9.53. The number of nitrogens with zero attached hydrogens (tertiary/aromatic N) is 2. The highest BCUT2D eigenvalue weighted by atomic mass is 19.1. The van der Waals surface area contributed by atoms with E-state index < -0.39 is 11.9 Å². The molecule has 0 fully saturated rings. The van der Waals surface area contributed by atoms with Gasteiger partial charge < -0.3 is 30.0 Å². The van der Waals surface area contributed by atoms with Crippen molar-refractivity contribution < 1.29 is 23.3 Å². The van der Waals surface area contributed by atoms with Crippen LogP contribution in [0.3, 0.4) is 0 Å². The minimum atomic E-state index is -0.596. The minimum absolute atomic E-state index is 0.0219. The molecule has 1 atom stereocenters. The molecule has 2 aromatic carbocycles. The zero-order valence-corrected chi connectivity index (χ0v) is 15.9. The van der Waals surface area contributed by atoms with Gasteiger partial charge in [0.15, 0.2) is 34.6 Å². The Kier molecular flexibility index (Phi) is 4.62. The predicted octanol–water partition coefficient (Wildman–Crippen LogP) is 3.10. The molecule has 3 N–H and O–H groups in total. The number of hydrogen-bond acceptors (Lipinski definition) is 8. The number of aromatic nitrogens is 2. The van der Waals surface area contributed by atoms with E-state index in [-0.39, 0.29) is 30.5 Å². The van der Waals surface area contributed by atoms with Gasteiger partial charge in [0.05, 0.1) is 5.69 Å². The van der Waals surface area contributed by atoms with Gasteiger partial charge in [0.2, 0.25) is 5.95 Å². The number of rotatable bonds is 4. The molecule has 2 aliphatic heterocycles. The van der Waals surface area contributed by atoms with Gasteiger partial charge in [-0.3, -0.25) is 0 Å². The Hall–Kier alpha value is -3.75. The zero-order valence-electron chi connectivity index (χ0n) is 15.9. The van der Waals surface area contributed by atoms with Crippen LogP contribution in [0.4, 0.5) is 21.8 Å². The molecule has 0 aliphatic carbocycles. The summed E-state index contributed by atoms with van der Waals surface area (Å²) in [6.07, 6.45) is -0.214. The molecule has 3 heterocycles. The second-order valence-electron chi connectivity index (χ2n) is 6.88. The summed E-state index contributed by atoms with van der Waals surface area (Å²) >= 11 is 0. The molecule has 0 spiro atoms. The Morgan fingerprint density at radius 2 is 1.73 bits per heavy atom. The van der Waals surface area contributed by atoms with Gasteiger partial charge in [-0.1, -0.05) is 12.1 Å². The minimum Gasteiger partial charge on any atom is -0.486 e. The van der Waals surface area contributed by atoms with Crippen molar-refractivity contribution in [1.82, 2.24) is 9.97 Å². The van der Waals surface area contributed by atoms with Crippen LogP contribution in [-0.2, 0) is 6.42 Å². The normalized spacial score (nSPS) is 16.8. The molecular weight excluding hydrogens is 391 g/mol. The Labute approximate surface area is 171 Å². The standard InChI is InChI=1S/C21H19FN4O4/c22-19-14(10-13-11-29-15-3-1-2-4-17(15)30-13)25-21(23)26-20(19)24-12-5-6-16-18(9-12)28-8-7-27-16/h1-6,9,13H,7-8,10-11H2,(H3,23,24,25,26). The van der Waals surface area contributed by atoms with Crippen molar-refractivity contribution in [1.29, 1.82) is 0 Å². The van der Waals surface area contributed by atoms with Crippen LogP contribution in [0.1, 0.15) is 5.69 Å². The summed E-state index contributed by atoms with van der Waals surface area (Å²) in [5.74, 6) is 1.85. The Morgan fingerprint density at radius 3 is 2.60 bits per heavy atom. The second kappa shape index (κ2) is 7.58. The highest BCUT2D eigenvalue weighted by Crippen LogP contribution is 2.35. The molecule has 0 saturated heterocycles. The van der Waals surface area contributed by atoms with Gasteiger partial charge in [-0.05, 0) is 24.3 Å². The lowest BCUT2D eigenvalue weighted by molar-refractivity contribution is 0.0899. The van der Waals surface area contributed by atoms with E-state index in [0.29, 0.717) is 41.9 Å². The first-order chi connectivity index (χ1) is 14.7. The number of nitrogen functional groups attached to an aromatic ring is 1. The summed E-state index contributed by atoms with van der Waals surface area (Å²) in [5, 5.41) is 2.94. The van der Waals surface area contributed by atoms with Crippen molar-refractivity contribution >= 4 is 17.5 Å². The highest BCUT2D eigenvalue weighted by Gasteiger charge is 2.25. The maximum Gasteiger partial charge on any atom is 0.222 e. The fraction of sp³-hybridized carbons (Fsp3) is 0.238. The summed E-state index contributed by atoms with van der Waals surface area (Å²) in [6, 6.07) is 12.6. The molecule has 0 amide bonds. The number of para-hydroxylation sites is 2. The van der Waals surface area contributed by atoms with E-state index in [9.17, 15) is 0 Å². The topological polar surface area (TPSA) is 101 Å². The molecular formula is C21H19FN4O4. The maximum atomic E-state index is 15.1. The van der Waals surface area contributed by atoms with Gasteiger partial charge in [0, 0.05) is 18.2 Å². The van der Waals surface area contributed by atoms with Crippen molar-refractivity contribution in [2.24, 2.45) is 0 Å². The third-order valence-electron chi connectivity index (χ3n) is 4.73. The summed E-state index contributed by atoms with van der Waals surface area (Å²) < 4.78 is 37.8. The molecule has 0 saturated carbocycles. The Morgan fingerprint density at radius 1 is 0.967 bits per heavy atom. The number of benzene rings is 2. The number of halogens is 1. The van der Waals surface area contributed by atoms with Gasteiger partial charge in [0.1, 0.15) is 25.9 Å². The van der Waals surface area contributed by atoms with E-state index in [1.165, 1.54) is 0 Å². The van der Waals surface area contributed by atoms with Crippen LogP contribution < -0.4 is 30.0 Å². The average molecular weight is 410 g/mol. The van der Waals surface area contributed by atoms with E-state index in [0.717, 1.165) is 0 Å². The molecule has 3 aromatic rings. The molecule has 154 valence electrons. The number of nitrogens with two attached hydrogens (primary N) is 1. The number of hydrogen-bond donors (Lipinski definition) is 2. The third-order valence-corrected chi connectivity index (χ3v) is 4.73. The van der Waals surface area contributed by atoms with Gasteiger partial charge in [-0.15, -0.1) is 0 Å². The molecule has 8 nitrogen and oxygen atoms in total. The van der Waals surface area contributed by atoms with Crippen LogP contribution in [-0.4, -0.2) is 35.9 Å². The van der Waals surface area contributed by atoms with E-state index in [4.69, 9.17) is 24.7 Å². The van der Waals surface area contributed by atoms with Crippen LogP contribution in [0, 0.1) is 5.82 Å². The number of fused-ring (bicyclic) bond motifs is 2. The summed E-state index contributed by atoms with van der Waals surface area (Å²) in [4.78, 5) is 8.07. The fourth-order valence-corrected chi connectivity index (χ4v) is 3.37. The average Bonchev–Trinajstić information content (AvgIpc) is 2.77. The Balaban J connectivity index is 1.36. The van der Waals surface area contributed by atoms with E-state index in [1.54, 1.807) is 24.3 Å². The molecule has 5 rings (SSSR count). The van der Waals surface area contributed by atoms with Gasteiger partial charge in [-0.2, -0.15) is 4.98 Å². The Bertz CT molecular complexity index is 1090. The van der Waals surface area contributed by atoms with Crippen molar-refractivity contribution in [2.45, 2.75) is 12.5 Å². The van der Waals surface area contributed by atoms with E-state index >= 15 is 4.39 Å². The summed E-state index contributed by atoms with van der Waals surface area (Å²) in [5.41, 5.74) is 6.57. The van der Waals surface area contributed by atoms with Crippen LogP contribution in [0.5, 0.6) is 23.0 Å². The van der Waals surface area contributed by atoms with Crippen molar-refractivity contribution in [3.63, 3.8) is 0 Å². The molecule has 30 heavy (non-hydrogen) atoms. The number of ether oxygens (including phenoxy) is 4. The fourth-order valence-electron chi connectivity index (χ4n) is 3.37. The molecule has 1 unspecified atom stereocenters. The lowest BCUT2D eigenvalue weighted by Gasteiger charge is -2.26. The lowest BCUT2D eigenvalue weighted by atomic mass is 10.1. The molecule has 1 aromatic heterocycles. The first kappa shape index (κ1) is 18.3. The van der Waals surface area contributed by atoms with Gasteiger partial charge in [-0.25, -0.2) is 9.37 Å². The molecule has 9 heteroatoms. The molecule has 0 radical (unpaired) electrons. The molecule has 2 aliphatic rings. The molecule has 0 bridgehead atoms. The van der Waals surface area contributed by atoms with Crippen molar-refractivity contribution in [3.8, 4) is 23.0 Å². The highest BCUT2D eigenvalue weighted by molar-refractivity contribution is 5.62. The van der Waals surface area contributed by atoms with E-state index in [2.05, 4.69) is 15.3 Å². The first-order valence-electron chi connectivity index (χ1n) is 9.53. The van der Waals surface area contributed by atoms with Gasteiger partial charge >= 0.3 is 0 Å².